The minimum Gasteiger partial charge on any atom is -0.333 e. The summed E-state index contributed by atoms with van der Waals surface area (Å²) in [6.07, 6.45) is 0. The van der Waals surface area contributed by atoms with Crippen LogP contribution in [0.4, 0.5) is 0 Å². The van der Waals surface area contributed by atoms with Gasteiger partial charge in [0.05, 0.1) is 0 Å². The lowest BCUT2D eigenvalue weighted by Gasteiger charge is -2.32. The van der Waals surface area contributed by atoms with Crippen LogP contribution < -0.4 is 0 Å². The Hall–Kier alpha value is -0.710. The third kappa shape index (κ3) is 2.15. The molecule has 0 saturated carbocycles. The molecule has 4 nitrogen and oxygen atoms in total. The van der Waals surface area contributed by atoms with Crippen molar-refractivity contribution in [2.75, 3.05) is 31.9 Å². The highest BCUT2D eigenvalue weighted by Crippen LogP contribution is 2.04. The molecular weight excluding hydrogens is 188 g/mol. The summed E-state index contributed by atoms with van der Waals surface area (Å²) in [6, 6.07) is 0. The van der Waals surface area contributed by atoms with Crippen molar-refractivity contribution in [1.29, 1.82) is 0 Å². The molecular formula is C8H14N2O2S. The van der Waals surface area contributed by atoms with E-state index in [1.807, 2.05) is 6.92 Å². The topological polar surface area (TPSA) is 40.6 Å². The number of hydrogen-bond donors (Lipinski definition) is 1. The fraction of sp³-hybridized carbons (Fsp3) is 0.750. The Kier molecular flexibility index (Phi) is 3.59. The quantitative estimate of drug-likeness (QED) is 0.500. The van der Waals surface area contributed by atoms with Crippen molar-refractivity contribution in [3.8, 4) is 0 Å². The van der Waals surface area contributed by atoms with E-state index >= 15 is 0 Å². The van der Waals surface area contributed by atoms with Crippen LogP contribution in [0.3, 0.4) is 0 Å². The second kappa shape index (κ2) is 4.50. The SMILES string of the molecule is CCN1CCN(CCS)C(=O)C1=O. The van der Waals surface area contributed by atoms with E-state index in [4.69, 9.17) is 0 Å². The minimum atomic E-state index is -0.387. The number of thiol groups is 1. The van der Waals surface area contributed by atoms with E-state index in [1.165, 1.54) is 0 Å². The highest BCUT2D eigenvalue weighted by molar-refractivity contribution is 7.80. The number of carbonyl (C=O) groups excluding carboxylic acids is 2. The van der Waals surface area contributed by atoms with E-state index < -0.39 is 0 Å². The summed E-state index contributed by atoms with van der Waals surface area (Å²) in [7, 11) is 0. The molecule has 0 aliphatic carbocycles. The highest BCUT2D eigenvalue weighted by atomic mass is 32.1. The lowest BCUT2D eigenvalue weighted by molar-refractivity contribution is -0.155. The van der Waals surface area contributed by atoms with Crippen molar-refractivity contribution >= 4 is 24.4 Å². The van der Waals surface area contributed by atoms with Crippen molar-refractivity contribution in [3.63, 3.8) is 0 Å². The Balaban J connectivity index is 2.59. The molecule has 0 unspecified atom stereocenters. The van der Waals surface area contributed by atoms with E-state index in [2.05, 4.69) is 12.6 Å². The summed E-state index contributed by atoms with van der Waals surface area (Å²) in [5.74, 6) is -0.164. The Morgan fingerprint density at radius 3 is 2.31 bits per heavy atom. The first-order valence-electron chi connectivity index (χ1n) is 4.39. The molecule has 1 heterocycles. The summed E-state index contributed by atoms with van der Waals surface area (Å²) >= 11 is 4.03. The van der Waals surface area contributed by atoms with Gasteiger partial charge in [0.15, 0.2) is 0 Å². The fourth-order valence-corrected chi connectivity index (χ4v) is 1.59. The summed E-state index contributed by atoms with van der Waals surface area (Å²) in [6.45, 7) is 4.33. The monoisotopic (exact) mass is 202 g/mol. The number of amides is 2. The normalized spacial score (nSPS) is 18.3. The highest BCUT2D eigenvalue weighted by Gasteiger charge is 2.30. The van der Waals surface area contributed by atoms with Gasteiger partial charge < -0.3 is 9.80 Å². The molecule has 1 aliphatic rings. The molecule has 1 rings (SSSR count). The van der Waals surface area contributed by atoms with Gasteiger partial charge in [-0.2, -0.15) is 12.6 Å². The van der Waals surface area contributed by atoms with Gasteiger partial charge in [0, 0.05) is 31.9 Å². The van der Waals surface area contributed by atoms with Crippen molar-refractivity contribution < 1.29 is 9.59 Å². The van der Waals surface area contributed by atoms with E-state index in [9.17, 15) is 9.59 Å². The molecule has 0 aromatic carbocycles. The molecule has 1 aliphatic heterocycles. The molecule has 0 radical (unpaired) electrons. The number of carbonyl (C=O) groups is 2. The average Bonchev–Trinajstić information content (AvgIpc) is 2.14. The van der Waals surface area contributed by atoms with E-state index in [0.717, 1.165) is 0 Å². The van der Waals surface area contributed by atoms with Gasteiger partial charge in [-0.3, -0.25) is 9.59 Å². The zero-order chi connectivity index (χ0) is 9.84. The van der Waals surface area contributed by atoms with E-state index in [0.29, 0.717) is 31.9 Å². The molecule has 2 amide bonds. The molecule has 1 saturated heterocycles. The van der Waals surface area contributed by atoms with Crippen molar-refractivity contribution in [3.05, 3.63) is 0 Å². The lowest BCUT2D eigenvalue weighted by atomic mass is 10.3. The van der Waals surface area contributed by atoms with Crippen LogP contribution in [0.1, 0.15) is 6.92 Å². The Morgan fingerprint density at radius 2 is 1.77 bits per heavy atom. The summed E-state index contributed by atoms with van der Waals surface area (Å²) in [4.78, 5) is 25.9. The largest absolute Gasteiger partial charge is 0.333 e. The molecule has 1 fully saturated rings. The Morgan fingerprint density at radius 1 is 1.23 bits per heavy atom. The predicted octanol–water partition coefficient (Wildman–Crippen LogP) is -0.393. The van der Waals surface area contributed by atoms with Gasteiger partial charge in [0.25, 0.3) is 0 Å². The van der Waals surface area contributed by atoms with Gasteiger partial charge in [0.2, 0.25) is 0 Å². The molecule has 0 aromatic heterocycles. The molecule has 0 aromatic rings. The van der Waals surface area contributed by atoms with Gasteiger partial charge in [-0.15, -0.1) is 0 Å². The van der Waals surface area contributed by atoms with Gasteiger partial charge >= 0.3 is 11.8 Å². The first-order valence-corrected chi connectivity index (χ1v) is 5.03. The minimum absolute atomic E-state index is 0.379. The second-order valence-electron chi connectivity index (χ2n) is 2.90. The first kappa shape index (κ1) is 10.4. The maximum atomic E-state index is 11.4. The number of rotatable bonds is 3. The van der Waals surface area contributed by atoms with Crippen LogP contribution in [0.5, 0.6) is 0 Å². The number of likely N-dealkylation sites (N-methyl/N-ethyl adjacent to an activating group) is 1. The first-order chi connectivity index (χ1) is 6.20. The maximum absolute atomic E-state index is 11.4. The molecule has 0 spiro atoms. The van der Waals surface area contributed by atoms with Crippen molar-refractivity contribution in [1.82, 2.24) is 9.80 Å². The van der Waals surface area contributed by atoms with Crippen LogP contribution >= 0.6 is 12.6 Å². The molecule has 0 atom stereocenters. The number of piperazine rings is 1. The van der Waals surface area contributed by atoms with Gasteiger partial charge in [-0.1, -0.05) is 0 Å². The molecule has 0 N–H and O–H groups in total. The van der Waals surface area contributed by atoms with Crippen LogP contribution in [0.25, 0.3) is 0 Å². The molecule has 5 heteroatoms. The van der Waals surface area contributed by atoms with Crippen LogP contribution in [0, 0.1) is 0 Å². The molecule has 74 valence electrons. The Bertz CT molecular complexity index is 220. The van der Waals surface area contributed by atoms with Crippen LogP contribution in [-0.2, 0) is 9.59 Å². The Labute approximate surface area is 83.3 Å². The van der Waals surface area contributed by atoms with Crippen LogP contribution in [0.15, 0.2) is 0 Å². The fourth-order valence-electron chi connectivity index (χ4n) is 1.35. The number of nitrogens with zero attached hydrogens (tertiary/aromatic N) is 2. The number of hydrogen-bond acceptors (Lipinski definition) is 3. The third-order valence-electron chi connectivity index (χ3n) is 2.15. The molecule has 0 bridgehead atoms. The van der Waals surface area contributed by atoms with Crippen molar-refractivity contribution in [2.24, 2.45) is 0 Å². The second-order valence-corrected chi connectivity index (χ2v) is 3.35. The van der Waals surface area contributed by atoms with Gasteiger partial charge in [-0.25, -0.2) is 0 Å². The van der Waals surface area contributed by atoms with Crippen LogP contribution in [-0.4, -0.2) is 53.5 Å². The lowest BCUT2D eigenvalue weighted by Crippen LogP contribution is -2.54. The molecule has 13 heavy (non-hydrogen) atoms. The summed E-state index contributed by atoms with van der Waals surface area (Å²) in [5.41, 5.74) is 0. The summed E-state index contributed by atoms with van der Waals surface area (Å²) in [5, 5.41) is 0. The smallest absolute Gasteiger partial charge is 0.312 e. The third-order valence-corrected chi connectivity index (χ3v) is 2.35. The summed E-state index contributed by atoms with van der Waals surface area (Å²) < 4.78 is 0. The predicted molar refractivity (Wildman–Crippen MR) is 52.7 cm³/mol. The average molecular weight is 202 g/mol. The van der Waals surface area contributed by atoms with Gasteiger partial charge in [-0.05, 0) is 6.92 Å². The zero-order valence-corrected chi connectivity index (χ0v) is 8.59. The zero-order valence-electron chi connectivity index (χ0n) is 7.69. The van der Waals surface area contributed by atoms with E-state index in [-0.39, 0.29) is 11.8 Å². The van der Waals surface area contributed by atoms with Crippen LogP contribution in [0.2, 0.25) is 0 Å². The maximum Gasteiger partial charge on any atom is 0.312 e. The standard InChI is InChI=1S/C8H14N2O2S/c1-2-9-3-4-10(5-6-13)8(12)7(9)11/h13H,2-6H2,1H3. The van der Waals surface area contributed by atoms with Crippen molar-refractivity contribution in [2.45, 2.75) is 6.92 Å². The van der Waals surface area contributed by atoms with Gasteiger partial charge in [0.1, 0.15) is 0 Å². The van der Waals surface area contributed by atoms with E-state index in [1.54, 1.807) is 9.80 Å².